The normalized spacial score (nSPS) is 12.7. The average Bonchev–Trinajstić information content (AvgIpc) is 1.97. The summed E-state index contributed by atoms with van der Waals surface area (Å²) in [4.78, 5) is 18.7. The number of rotatable bonds is 4. The van der Waals surface area contributed by atoms with Crippen LogP contribution in [0.3, 0.4) is 0 Å². The van der Waals surface area contributed by atoms with Crippen molar-refractivity contribution in [2.45, 2.75) is 12.7 Å². The summed E-state index contributed by atoms with van der Waals surface area (Å²) < 4.78 is 67.9. The van der Waals surface area contributed by atoms with Gasteiger partial charge in [-0.05, 0) is 0 Å². The number of carbonyl (C=O) groups excluding carboxylic acids is 1. The number of halogens is 6. The highest BCUT2D eigenvalue weighted by Crippen LogP contribution is 2.24. The first-order chi connectivity index (χ1) is 6.12. The molecule has 0 aromatic carbocycles. The monoisotopic (exact) mass is 231 g/mol. The summed E-state index contributed by atoms with van der Waals surface area (Å²) in [5.74, 6) is 0. The number of carbonyl (C=O) groups is 1. The second kappa shape index (κ2) is 4.43. The molecule has 0 aromatic rings. The van der Waals surface area contributed by atoms with Crippen molar-refractivity contribution in [2.24, 2.45) is 0 Å². The highest BCUT2D eigenvalue weighted by Gasteiger charge is 2.43. The molecule has 0 unspecified atom stereocenters. The zero-order valence-corrected chi connectivity index (χ0v) is 5.81. The fraction of sp³-hybridized carbons (Fsp3) is 0.667. The van der Waals surface area contributed by atoms with Gasteiger partial charge < -0.3 is 0 Å². The second-order valence-corrected chi connectivity index (χ2v) is 1.48. The highest BCUT2D eigenvalue weighted by molar-refractivity contribution is 5.56. The zero-order chi connectivity index (χ0) is 11.4. The molecular formula is C3F6O5. The zero-order valence-electron chi connectivity index (χ0n) is 5.81. The Morgan fingerprint density at radius 3 is 1.79 bits per heavy atom. The van der Waals surface area contributed by atoms with Crippen molar-refractivity contribution in [1.29, 1.82) is 0 Å². The fourth-order valence-corrected chi connectivity index (χ4v) is 0.191. The van der Waals surface area contributed by atoms with Crippen LogP contribution in [0.4, 0.5) is 31.1 Å². The van der Waals surface area contributed by atoms with E-state index in [-0.39, 0.29) is 0 Å². The van der Waals surface area contributed by atoms with Crippen molar-refractivity contribution in [3.05, 3.63) is 0 Å². The molecule has 0 bridgehead atoms. The molecule has 0 aromatic heterocycles. The van der Waals surface area contributed by atoms with Crippen LogP contribution in [0.2, 0.25) is 0 Å². The van der Waals surface area contributed by atoms with Crippen LogP contribution in [-0.2, 0) is 19.6 Å². The Bertz CT molecular complexity index is 200. The summed E-state index contributed by atoms with van der Waals surface area (Å²) >= 11 is 0. The van der Waals surface area contributed by atoms with Crippen molar-refractivity contribution < 1.29 is 50.7 Å². The largest absolute Gasteiger partial charge is 0.549 e. The van der Waals surface area contributed by atoms with Crippen molar-refractivity contribution in [2.75, 3.05) is 0 Å². The molecule has 0 atom stereocenters. The van der Waals surface area contributed by atoms with Gasteiger partial charge in [-0.2, -0.15) is 0 Å². The van der Waals surface area contributed by atoms with Crippen LogP contribution in [0.1, 0.15) is 0 Å². The van der Waals surface area contributed by atoms with Gasteiger partial charge in [0, 0.05) is 0 Å². The lowest BCUT2D eigenvalue weighted by Gasteiger charge is -2.12. The van der Waals surface area contributed by atoms with Crippen molar-refractivity contribution >= 4 is 6.22 Å². The van der Waals surface area contributed by atoms with Gasteiger partial charge in [-0.15, -0.1) is 36.1 Å². The first-order valence-electron chi connectivity index (χ1n) is 2.49. The first kappa shape index (κ1) is 12.9. The maximum Gasteiger partial charge on any atom is 0.549 e. The van der Waals surface area contributed by atoms with Crippen LogP contribution in [-0.4, -0.2) is 18.9 Å². The van der Waals surface area contributed by atoms with Crippen LogP contribution < -0.4 is 0 Å². The van der Waals surface area contributed by atoms with Gasteiger partial charge in [0.05, 0.1) is 0 Å². The van der Waals surface area contributed by atoms with Crippen molar-refractivity contribution in [1.82, 2.24) is 0 Å². The smallest absolute Gasteiger partial charge is 0.257 e. The summed E-state index contributed by atoms with van der Waals surface area (Å²) in [6.07, 6.45) is -13.4. The first-order valence-corrected chi connectivity index (χ1v) is 2.49. The van der Waals surface area contributed by atoms with E-state index in [2.05, 4.69) is 19.6 Å². The lowest BCUT2D eigenvalue weighted by molar-refractivity contribution is -0.626. The maximum atomic E-state index is 11.8. The Morgan fingerprint density at radius 2 is 1.43 bits per heavy atom. The lowest BCUT2D eigenvalue weighted by Crippen LogP contribution is -2.29. The average molecular weight is 231 g/mol. The predicted octanol–water partition coefficient (Wildman–Crippen LogP) is 2.04. The summed E-state index contributed by atoms with van der Waals surface area (Å²) in [6.45, 7) is 0. The quantitative estimate of drug-likeness (QED) is 0.185. The molecule has 0 N–H and O–H groups in total. The molecule has 0 aliphatic heterocycles. The van der Waals surface area contributed by atoms with Crippen molar-refractivity contribution in [3.63, 3.8) is 0 Å². The molecule has 11 heteroatoms. The number of hydrogen-bond donors (Lipinski definition) is 0. The molecule has 14 heavy (non-hydrogen) atoms. The molecule has 0 saturated heterocycles. The minimum atomic E-state index is -5.52. The van der Waals surface area contributed by atoms with E-state index in [1.807, 2.05) is 0 Å². The van der Waals surface area contributed by atoms with E-state index in [0.717, 1.165) is 0 Å². The maximum absolute atomic E-state index is 11.8. The van der Waals surface area contributed by atoms with Crippen LogP contribution in [0.25, 0.3) is 0 Å². The van der Waals surface area contributed by atoms with Gasteiger partial charge in [0.1, 0.15) is 0 Å². The number of hydrogen-bond acceptors (Lipinski definition) is 5. The lowest BCUT2D eigenvalue weighted by atomic mass is 11.3. The molecule has 84 valence electrons. The summed E-state index contributed by atoms with van der Waals surface area (Å²) in [7, 11) is 0. The van der Waals surface area contributed by atoms with E-state index in [1.165, 1.54) is 0 Å². The Hall–Kier alpha value is -1.07. The minimum absolute atomic E-state index is 2.14. The van der Waals surface area contributed by atoms with E-state index in [4.69, 9.17) is 0 Å². The Kier molecular flexibility index (Phi) is 4.09. The number of alkyl halides is 5. The molecule has 0 saturated carbocycles. The standard InChI is InChI=1S/C3F6O5/c4-1(10)11-13-3(8,9)14-12-2(5,6)7/i2+1. The molecule has 0 heterocycles. The van der Waals surface area contributed by atoms with Gasteiger partial charge in [0.25, 0.3) is 0 Å². The van der Waals surface area contributed by atoms with Gasteiger partial charge in [0.15, 0.2) is 0 Å². The van der Waals surface area contributed by atoms with Gasteiger partial charge >= 0.3 is 18.9 Å². The molecule has 0 rings (SSSR count). The topological polar surface area (TPSA) is 54.0 Å². The SMILES string of the molecule is O=C(F)OOC(F)(F)OO[13C](F)(F)F. The van der Waals surface area contributed by atoms with Crippen LogP contribution in [0.15, 0.2) is 0 Å². The second-order valence-electron chi connectivity index (χ2n) is 1.48. The molecule has 0 spiro atoms. The molecule has 0 fully saturated rings. The Labute approximate surface area is 70.9 Å². The van der Waals surface area contributed by atoms with Crippen LogP contribution in [0, 0.1) is 0 Å². The Balaban J connectivity index is 3.89. The van der Waals surface area contributed by atoms with E-state index < -0.39 is 18.9 Å². The molecule has 0 aliphatic rings. The summed E-state index contributed by atoms with van der Waals surface area (Å²) in [5.41, 5.74) is 0. The van der Waals surface area contributed by atoms with E-state index in [1.54, 1.807) is 0 Å². The van der Waals surface area contributed by atoms with Crippen molar-refractivity contribution in [3.8, 4) is 0 Å². The van der Waals surface area contributed by atoms with E-state index >= 15 is 0 Å². The van der Waals surface area contributed by atoms with E-state index in [0.29, 0.717) is 0 Å². The molecule has 5 nitrogen and oxygen atoms in total. The molecular weight excluding hydrogens is 231 g/mol. The summed E-state index contributed by atoms with van der Waals surface area (Å²) in [6, 6.07) is 0. The van der Waals surface area contributed by atoms with Gasteiger partial charge in [-0.25, -0.2) is 4.79 Å². The fourth-order valence-electron chi connectivity index (χ4n) is 0.191. The van der Waals surface area contributed by atoms with Gasteiger partial charge in [-0.1, -0.05) is 4.89 Å². The molecule has 0 radical (unpaired) electrons. The van der Waals surface area contributed by atoms with Gasteiger partial charge in [-0.3, -0.25) is 4.89 Å². The third kappa shape index (κ3) is 7.57. The van der Waals surface area contributed by atoms with Crippen LogP contribution >= 0.6 is 0 Å². The third-order valence-corrected chi connectivity index (χ3v) is 0.437. The van der Waals surface area contributed by atoms with Gasteiger partial charge in [0.2, 0.25) is 0 Å². The van der Waals surface area contributed by atoms with Crippen LogP contribution in [0.5, 0.6) is 0 Å². The highest BCUT2D eigenvalue weighted by atomic mass is 19.5. The Morgan fingerprint density at radius 1 is 0.929 bits per heavy atom. The molecule has 0 aliphatic carbocycles. The third-order valence-electron chi connectivity index (χ3n) is 0.437. The molecule has 0 amide bonds. The summed E-state index contributed by atoms with van der Waals surface area (Å²) in [5, 5.41) is 0. The minimum Gasteiger partial charge on any atom is -0.257 e. The predicted molar refractivity (Wildman–Crippen MR) is 21.8 cm³/mol. The van der Waals surface area contributed by atoms with E-state index in [9.17, 15) is 31.1 Å².